The first-order valence-electron chi connectivity index (χ1n) is 6.03. The average Bonchev–Trinajstić information content (AvgIpc) is 2.37. The molecular weight excluding hydrogens is 262 g/mol. The van der Waals surface area contributed by atoms with Crippen molar-refractivity contribution in [3.63, 3.8) is 0 Å². The van der Waals surface area contributed by atoms with Crippen LogP contribution < -0.4 is 5.32 Å². The molecule has 2 rings (SSSR count). The number of nitro benzene ring substituents is 2. The van der Waals surface area contributed by atoms with Crippen molar-refractivity contribution in [2.24, 2.45) is 0 Å². The van der Waals surface area contributed by atoms with E-state index >= 15 is 0 Å². The monoisotopic (exact) mass is 275 g/mol. The summed E-state index contributed by atoms with van der Waals surface area (Å²) in [5.41, 5.74) is -0.239. The molecule has 0 aliphatic rings. The molecule has 104 valence electrons. The fraction of sp³-hybridized carbons (Fsp3) is 0.231. The van der Waals surface area contributed by atoms with Gasteiger partial charge in [-0.05, 0) is 19.9 Å². The van der Waals surface area contributed by atoms with Crippen molar-refractivity contribution in [1.29, 1.82) is 0 Å². The van der Waals surface area contributed by atoms with Gasteiger partial charge in [0.05, 0.1) is 21.3 Å². The molecule has 0 spiro atoms. The lowest BCUT2D eigenvalue weighted by molar-refractivity contribution is -0.392. The molecule has 0 atom stereocenters. The van der Waals surface area contributed by atoms with Crippen LogP contribution in [0.4, 0.5) is 17.1 Å². The second-order valence-electron chi connectivity index (χ2n) is 4.65. The number of hydrogen-bond acceptors (Lipinski definition) is 5. The summed E-state index contributed by atoms with van der Waals surface area (Å²) in [6.07, 6.45) is 0. The minimum Gasteiger partial charge on any atom is -0.377 e. The van der Waals surface area contributed by atoms with E-state index in [4.69, 9.17) is 0 Å². The normalized spacial score (nSPS) is 10.8. The summed E-state index contributed by atoms with van der Waals surface area (Å²) in [6.45, 7) is 3.69. The zero-order chi connectivity index (χ0) is 14.9. The van der Waals surface area contributed by atoms with Crippen LogP contribution in [0.15, 0.2) is 30.3 Å². The van der Waals surface area contributed by atoms with E-state index in [-0.39, 0.29) is 17.4 Å². The Bertz CT molecular complexity index is 697. The van der Waals surface area contributed by atoms with Gasteiger partial charge in [0.1, 0.15) is 5.69 Å². The molecule has 0 saturated carbocycles. The second kappa shape index (κ2) is 5.12. The van der Waals surface area contributed by atoms with Crippen LogP contribution in [0.25, 0.3) is 10.8 Å². The van der Waals surface area contributed by atoms with E-state index < -0.39 is 9.85 Å². The fourth-order valence-corrected chi connectivity index (χ4v) is 2.08. The van der Waals surface area contributed by atoms with Gasteiger partial charge in [0.15, 0.2) is 0 Å². The van der Waals surface area contributed by atoms with Gasteiger partial charge >= 0.3 is 0 Å². The molecule has 2 aromatic carbocycles. The maximum atomic E-state index is 11.2. The number of nitro groups is 2. The molecule has 0 aliphatic heterocycles. The highest BCUT2D eigenvalue weighted by atomic mass is 16.6. The number of nitrogens with one attached hydrogen (secondary N) is 1. The van der Waals surface area contributed by atoms with E-state index in [1.165, 1.54) is 0 Å². The summed E-state index contributed by atoms with van der Waals surface area (Å²) < 4.78 is 0. The number of hydrogen-bond donors (Lipinski definition) is 1. The summed E-state index contributed by atoms with van der Waals surface area (Å²) in [5.74, 6) is 0. The molecule has 0 heterocycles. The molecule has 1 N–H and O–H groups in total. The van der Waals surface area contributed by atoms with Crippen molar-refractivity contribution in [2.45, 2.75) is 19.9 Å². The molecule has 2 aromatic rings. The van der Waals surface area contributed by atoms with E-state index in [1.54, 1.807) is 24.3 Å². The van der Waals surface area contributed by atoms with Crippen LogP contribution in [-0.2, 0) is 0 Å². The standard InChI is InChI=1S/C13H13N3O4/c1-8(2)14-13-10-6-4-3-5-9(10)11(15(17)18)7-12(13)16(19)20/h3-8,14H,1-2H3. The van der Waals surface area contributed by atoms with Crippen LogP contribution >= 0.6 is 0 Å². The second-order valence-corrected chi connectivity index (χ2v) is 4.65. The predicted molar refractivity (Wildman–Crippen MR) is 76.0 cm³/mol. The Labute approximate surface area is 114 Å². The minimum atomic E-state index is -0.607. The predicted octanol–water partition coefficient (Wildman–Crippen LogP) is 3.48. The van der Waals surface area contributed by atoms with E-state index in [9.17, 15) is 20.2 Å². The number of fused-ring (bicyclic) bond motifs is 1. The first-order chi connectivity index (χ1) is 9.41. The van der Waals surface area contributed by atoms with Crippen LogP contribution in [0.5, 0.6) is 0 Å². The van der Waals surface area contributed by atoms with Crippen molar-refractivity contribution >= 4 is 27.8 Å². The van der Waals surface area contributed by atoms with Gasteiger partial charge in [-0.2, -0.15) is 0 Å². The van der Waals surface area contributed by atoms with Gasteiger partial charge in [-0.15, -0.1) is 0 Å². The minimum absolute atomic E-state index is 0.0291. The summed E-state index contributed by atoms with van der Waals surface area (Å²) in [5, 5.41) is 26.1. The topological polar surface area (TPSA) is 98.3 Å². The van der Waals surface area contributed by atoms with E-state index in [1.807, 2.05) is 13.8 Å². The summed E-state index contributed by atoms with van der Waals surface area (Å²) in [6, 6.07) is 7.57. The maximum absolute atomic E-state index is 11.2. The molecule has 7 nitrogen and oxygen atoms in total. The summed E-state index contributed by atoms with van der Waals surface area (Å²) >= 11 is 0. The first kappa shape index (κ1) is 13.7. The smallest absolute Gasteiger partial charge is 0.299 e. The van der Waals surface area contributed by atoms with E-state index in [0.29, 0.717) is 16.5 Å². The van der Waals surface area contributed by atoms with Crippen molar-refractivity contribution in [1.82, 2.24) is 0 Å². The molecule has 0 aliphatic carbocycles. The van der Waals surface area contributed by atoms with E-state index in [0.717, 1.165) is 6.07 Å². The lowest BCUT2D eigenvalue weighted by atomic mass is 10.0. The van der Waals surface area contributed by atoms with Gasteiger partial charge in [0.25, 0.3) is 11.4 Å². The number of nitrogens with zero attached hydrogens (tertiary/aromatic N) is 2. The molecule has 0 fully saturated rings. The Hall–Kier alpha value is -2.70. The molecular formula is C13H13N3O4. The van der Waals surface area contributed by atoms with Crippen LogP contribution in [0.1, 0.15) is 13.8 Å². The third-order valence-corrected chi connectivity index (χ3v) is 2.83. The highest BCUT2D eigenvalue weighted by Gasteiger charge is 2.25. The Kier molecular flexibility index (Phi) is 3.51. The SMILES string of the molecule is CC(C)Nc1c([N+](=O)[O-])cc([N+](=O)[O-])c2ccccc12. The maximum Gasteiger partial charge on any atom is 0.299 e. The van der Waals surface area contributed by atoms with Crippen LogP contribution in [0.2, 0.25) is 0 Å². The lowest BCUT2D eigenvalue weighted by Crippen LogP contribution is -2.12. The van der Waals surface area contributed by atoms with Crippen molar-refractivity contribution in [2.75, 3.05) is 5.32 Å². The highest BCUT2D eigenvalue weighted by molar-refractivity contribution is 6.03. The zero-order valence-corrected chi connectivity index (χ0v) is 11.0. The highest BCUT2D eigenvalue weighted by Crippen LogP contribution is 2.39. The molecule has 7 heteroatoms. The number of anilines is 1. The fourth-order valence-electron chi connectivity index (χ4n) is 2.08. The third kappa shape index (κ3) is 2.37. The van der Waals surface area contributed by atoms with Gasteiger partial charge in [-0.3, -0.25) is 20.2 Å². The zero-order valence-electron chi connectivity index (χ0n) is 11.0. The van der Waals surface area contributed by atoms with Gasteiger partial charge in [0, 0.05) is 11.4 Å². The van der Waals surface area contributed by atoms with Crippen molar-refractivity contribution in [3.8, 4) is 0 Å². The number of benzene rings is 2. The number of non-ortho nitro benzene ring substituents is 1. The molecule has 0 amide bonds. The molecule has 0 saturated heterocycles. The Balaban J connectivity index is 2.87. The van der Waals surface area contributed by atoms with Gasteiger partial charge in [-0.25, -0.2) is 0 Å². The molecule has 0 unspecified atom stereocenters. The Morgan fingerprint density at radius 2 is 1.55 bits per heavy atom. The third-order valence-electron chi connectivity index (χ3n) is 2.83. The Morgan fingerprint density at radius 1 is 1.00 bits per heavy atom. The average molecular weight is 275 g/mol. The van der Waals surface area contributed by atoms with Gasteiger partial charge in [-0.1, -0.05) is 18.2 Å². The van der Waals surface area contributed by atoms with Crippen LogP contribution in [-0.4, -0.2) is 15.9 Å². The van der Waals surface area contributed by atoms with E-state index in [2.05, 4.69) is 5.32 Å². The van der Waals surface area contributed by atoms with Gasteiger partial charge in [0.2, 0.25) is 0 Å². The Morgan fingerprint density at radius 3 is 2.05 bits per heavy atom. The molecule has 0 radical (unpaired) electrons. The molecule has 0 bridgehead atoms. The largest absolute Gasteiger partial charge is 0.377 e. The summed E-state index contributed by atoms with van der Waals surface area (Å²) in [4.78, 5) is 21.0. The van der Waals surface area contributed by atoms with Gasteiger partial charge < -0.3 is 5.32 Å². The number of rotatable bonds is 4. The van der Waals surface area contributed by atoms with Crippen molar-refractivity contribution in [3.05, 3.63) is 50.6 Å². The molecule has 20 heavy (non-hydrogen) atoms. The quantitative estimate of drug-likeness (QED) is 0.680. The molecule has 0 aromatic heterocycles. The van der Waals surface area contributed by atoms with Crippen LogP contribution in [0.3, 0.4) is 0 Å². The first-order valence-corrected chi connectivity index (χ1v) is 6.03. The van der Waals surface area contributed by atoms with Crippen molar-refractivity contribution < 1.29 is 9.85 Å². The summed E-state index contributed by atoms with van der Waals surface area (Å²) in [7, 11) is 0. The lowest BCUT2D eigenvalue weighted by Gasteiger charge is -2.13. The van der Waals surface area contributed by atoms with Crippen LogP contribution in [0, 0.1) is 20.2 Å².